The Morgan fingerprint density at radius 1 is 1.30 bits per heavy atom. The molecule has 0 saturated heterocycles. The standard InChI is InChI=1S/C12H16BrN3O2S.HI/c13-10-2-4-11(5-3-10)19(17,18)9-8-16-12-14-6-1-7-15-12;/h2-5H,1,6-9H2,(H2,14,15,16);1H. The summed E-state index contributed by atoms with van der Waals surface area (Å²) in [4.78, 5) is 4.57. The summed E-state index contributed by atoms with van der Waals surface area (Å²) in [5, 5.41) is 6.10. The highest BCUT2D eigenvalue weighted by atomic mass is 127. The summed E-state index contributed by atoms with van der Waals surface area (Å²) >= 11 is 3.29. The number of sulfone groups is 1. The average molecular weight is 474 g/mol. The second-order valence-electron chi connectivity index (χ2n) is 4.21. The molecule has 112 valence electrons. The van der Waals surface area contributed by atoms with E-state index in [9.17, 15) is 8.42 Å². The van der Waals surface area contributed by atoms with E-state index in [-0.39, 0.29) is 29.7 Å². The maximum absolute atomic E-state index is 12.1. The fraction of sp³-hybridized carbons (Fsp3) is 0.417. The van der Waals surface area contributed by atoms with Gasteiger partial charge < -0.3 is 10.6 Å². The monoisotopic (exact) mass is 473 g/mol. The van der Waals surface area contributed by atoms with Crippen LogP contribution in [0.1, 0.15) is 6.42 Å². The molecule has 0 aliphatic carbocycles. The van der Waals surface area contributed by atoms with Crippen LogP contribution in [0.5, 0.6) is 0 Å². The third kappa shape index (κ3) is 5.21. The molecule has 0 amide bonds. The number of nitrogens with zero attached hydrogens (tertiary/aromatic N) is 1. The predicted molar refractivity (Wildman–Crippen MR) is 94.5 cm³/mol. The Hall–Kier alpha value is -0.350. The SMILES string of the molecule is I.O=S(=O)(CCNC1=NCCCN1)c1ccc(Br)cc1. The lowest BCUT2D eigenvalue weighted by Crippen LogP contribution is -2.42. The largest absolute Gasteiger partial charge is 0.356 e. The van der Waals surface area contributed by atoms with Crippen LogP contribution < -0.4 is 10.6 Å². The lowest BCUT2D eigenvalue weighted by molar-refractivity contribution is 0.594. The first-order valence-electron chi connectivity index (χ1n) is 6.08. The molecule has 0 bridgehead atoms. The van der Waals surface area contributed by atoms with Crippen molar-refractivity contribution in [1.82, 2.24) is 10.6 Å². The smallest absolute Gasteiger partial charge is 0.191 e. The number of halogens is 2. The molecule has 0 radical (unpaired) electrons. The van der Waals surface area contributed by atoms with E-state index in [1.165, 1.54) is 0 Å². The molecule has 0 unspecified atom stereocenters. The van der Waals surface area contributed by atoms with Gasteiger partial charge in [-0.1, -0.05) is 15.9 Å². The number of hydrogen-bond acceptors (Lipinski definition) is 5. The van der Waals surface area contributed by atoms with E-state index < -0.39 is 9.84 Å². The first kappa shape index (κ1) is 17.7. The highest BCUT2D eigenvalue weighted by Gasteiger charge is 2.14. The normalized spacial score (nSPS) is 14.8. The van der Waals surface area contributed by atoms with Gasteiger partial charge in [0.25, 0.3) is 0 Å². The third-order valence-corrected chi connectivity index (χ3v) is 4.99. The van der Waals surface area contributed by atoms with Crippen LogP contribution in [0.2, 0.25) is 0 Å². The molecular weight excluding hydrogens is 457 g/mol. The van der Waals surface area contributed by atoms with Gasteiger partial charge >= 0.3 is 0 Å². The summed E-state index contributed by atoms with van der Waals surface area (Å²) in [5.74, 6) is 0.743. The van der Waals surface area contributed by atoms with Gasteiger partial charge in [-0.25, -0.2) is 8.42 Å². The van der Waals surface area contributed by atoms with Crippen molar-refractivity contribution in [2.24, 2.45) is 4.99 Å². The third-order valence-electron chi connectivity index (χ3n) is 2.73. The Balaban J connectivity index is 0.00000200. The molecule has 0 fully saturated rings. The van der Waals surface area contributed by atoms with Crippen LogP contribution >= 0.6 is 39.9 Å². The minimum Gasteiger partial charge on any atom is -0.356 e. The van der Waals surface area contributed by atoms with Gasteiger partial charge in [0.05, 0.1) is 10.6 Å². The van der Waals surface area contributed by atoms with Crippen molar-refractivity contribution in [3.63, 3.8) is 0 Å². The quantitative estimate of drug-likeness (QED) is 0.654. The lowest BCUT2D eigenvalue weighted by Gasteiger charge is -2.15. The number of guanidine groups is 1. The van der Waals surface area contributed by atoms with Crippen LogP contribution in [-0.4, -0.2) is 39.8 Å². The van der Waals surface area contributed by atoms with Gasteiger partial charge in [0.15, 0.2) is 15.8 Å². The molecule has 2 N–H and O–H groups in total. The first-order chi connectivity index (χ1) is 9.08. The van der Waals surface area contributed by atoms with Crippen LogP contribution in [0.4, 0.5) is 0 Å². The molecule has 20 heavy (non-hydrogen) atoms. The van der Waals surface area contributed by atoms with Gasteiger partial charge in [-0.05, 0) is 30.7 Å². The minimum atomic E-state index is -3.24. The van der Waals surface area contributed by atoms with Gasteiger partial charge in [-0.15, -0.1) is 24.0 Å². The molecule has 2 rings (SSSR count). The highest BCUT2D eigenvalue weighted by molar-refractivity contribution is 14.0. The van der Waals surface area contributed by atoms with Crippen LogP contribution in [0.25, 0.3) is 0 Å². The van der Waals surface area contributed by atoms with E-state index >= 15 is 0 Å². The number of aliphatic imine (C=N–C) groups is 1. The maximum Gasteiger partial charge on any atom is 0.191 e. The van der Waals surface area contributed by atoms with Gasteiger partial charge in [0, 0.05) is 24.1 Å². The van der Waals surface area contributed by atoms with Crippen molar-refractivity contribution in [1.29, 1.82) is 0 Å². The Bertz CT molecular complexity index is 561. The van der Waals surface area contributed by atoms with Crippen molar-refractivity contribution in [3.05, 3.63) is 28.7 Å². The molecule has 0 aromatic heterocycles. The second kappa shape index (κ2) is 8.18. The fourth-order valence-electron chi connectivity index (χ4n) is 1.71. The number of nitrogens with one attached hydrogen (secondary N) is 2. The zero-order valence-corrected chi connectivity index (χ0v) is 15.5. The first-order valence-corrected chi connectivity index (χ1v) is 8.53. The maximum atomic E-state index is 12.1. The van der Waals surface area contributed by atoms with Gasteiger partial charge in [-0.2, -0.15) is 0 Å². The van der Waals surface area contributed by atoms with E-state index in [1.54, 1.807) is 24.3 Å². The van der Waals surface area contributed by atoms with E-state index in [0.29, 0.717) is 17.4 Å². The molecule has 1 aliphatic rings. The van der Waals surface area contributed by atoms with Crippen molar-refractivity contribution in [2.75, 3.05) is 25.4 Å². The van der Waals surface area contributed by atoms with Crippen LogP contribution in [0.15, 0.2) is 38.6 Å². The Kier molecular flexibility index (Phi) is 7.24. The van der Waals surface area contributed by atoms with Crippen molar-refractivity contribution in [3.8, 4) is 0 Å². The number of benzene rings is 1. The van der Waals surface area contributed by atoms with Gasteiger partial charge in [-0.3, -0.25) is 4.99 Å². The van der Waals surface area contributed by atoms with E-state index in [0.717, 1.165) is 24.0 Å². The predicted octanol–water partition coefficient (Wildman–Crippen LogP) is 1.78. The molecule has 8 heteroatoms. The molecule has 1 aliphatic heterocycles. The summed E-state index contributed by atoms with van der Waals surface area (Å²) in [6, 6.07) is 6.67. The Morgan fingerprint density at radius 2 is 2.00 bits per heavy atom. The molecule has 0 saturated carbocycles. The zero-order valence-electron chi connectivity index (χ0n) is 10.8. The molecule has 1 aromatic rings. The topological polar surface area (TPSA) is 70.6 Å². The summed E-state index contributed by atoms with van der Waals surface area (Å²) < 4.78 is 25.0. The fourth-order valence-corrected chi connectivity index (χ4v) is 3.14. The van der Waals surface area contributed by atoms with E-state index in [2.05, 4.69) is 31.6 Å². The minimum absolute atomic E-state index is 0. The number of hydrogen-bond donors (Lipinski definition) is 2. The summed E-state index contributed by atoms with van der Waals surface area (Å²) in [6.07, 6.45) is 1.02. The van der Waals surface area contributed by atoms with Crippen molar-refractivity contribution in [2.45, 2.75) is 11.3 Å². The Morgan fingerprint density at radius 3 is 2.60 bits per heavy atom. The van der Waals surface area contributed by atoms with Crippen LogP contribution in [0, 0.1) is 0 Å². The Labute approximate surface area is 144 Å². The summed E-state index contributed by atoms with van der Waals surface area (Å²) in [7, 11) is -3.24. The van der Waals surface area contributed by atoms with E-state index in [1.807, 2.05) is 0 Å². The molecule has 1 heterocycles. The van der Waals surface area contributed by atoms with E-state index in [4.69, 9.17) is 0 Å². The van der Waals surface area contributed by atoms with Gasteiger partial charge in [0.1, 0.15) is 0 Å². The highest BCUT2D eigenvalue weighted by Crippen LogP contribution is 2.15. The molecule has 1 aromatic carbocycles. The molecule has 0 spiro atoms. The average Bonchev–Trinajstić information content (AvgIpc) is 2.40. The number of rotatable bonds is 4. The second-order valence-corrected chi connectivity index (χ2v) is 7.24. The summed E-state index contributed by atoms with van der Waals surface area (Å²) in [6.45, 7) is 2.02. The van der Waals surface area contributed by atoms with Crippen molar-refractivity contribution < 1.29 is 8.42 Å². The summed E-state index contributed by atoms with van der Waals surface area (Å²) in [5.41, 5.74) is 0. The molecule has 0 atom stereocenters. The molecular formula is C12H17BrIN3O2S. The zero-order chi connectivity index (χ0) is 13.7. The molecule has 5 nitrogen and oxygen atoms in total. The van der Waals surface area contributed by atoms with Crippen molar-refractivity contribution >= 4 is 55.7 Å². The van der Waals surface area contributed by atoms with Crippen LogP contribution in [-0.2, 0) is 9.84 Å². The van der Waals surface area contributed by atoms with Crippen LogP contribution in [0.3, 0.4) is 0 Å². The van der Waals surface area contributed by atoms with Gasteiger partial charge in [0.2, 0.25) is 0 Å². The lowest BCUT2D eigenvalue weighted by atomic mass is 10.4.